The first-order valence-corrected chi connectivity index (χ1v) is 11.2. The van der Waals surface area contributed by atoms with Gasteiger partial charge < -0.3 is 5.32 Å². The maximum Gasteiger partial charge on any atom is 0.259 e. The summed E-state index contributed by atoms with van der Waals surface area (Å²) in [5.41, 5.74) is 5.44. The lowest BCUT2D eigenvalue weighted by atomic mass is 10.1. The summed E-state index contributed by atoms with van der Waals surface area (Å²) in [6.45, 7) is 9.39. The molecule has 0 aliphatic heterocycles. The minimum absolute atomic E-state index is 0.334. The van der Waals surface area contributed by atoms with Gasteiger partial charge >= 0.3 is 0 Å². The van der Waals surface area contributed by atoms with Crippen LogP contribution in [0.1, 0.15) is 39.8 Å². The molecule has 0 spiro atoms. The van der Waals surface area contributed by atoms with E-state index in [1.54, 1.807) is 30.3 Å². The third kappa shape index (κ3) is 5.69. The van der Waals surface area contributed by atoms with Crippen LogP contribution in [0.4, 0.5) is 5.69 Å². The predicted octanol–water partition coefficient (Wildman–Crippen LogP) is 5.58. The Kier molecular flexibility index (Phi) is 7.94. The molecule has 2 N–H and O–H groups in total. The lowest BCUT2D eigenvalue weighted by Gasteiger charge is -2.14. The first-order valence-electron chi connectivity index (χ1n) is 10.5. The lowest BCUT2D eigenvalue weighted by molar-refractivity contribution is 0.0977. The van der Waals surface area contributed by atoms with Gasteiger partial charge in [-0.15, -0.1) is 0 Å². The molecule has 1 heterocycles. The number of carbonyl (C=O) groups is 1. The van der Waals surface area contributed by atoms with Crippen molar-refractivity contribution < 1.29 is 4.79 Å². The largest absolute Gasteiger partial charge is 0.326 e. The summed E-state index contributed by atoms with van der Waals surface area (Å²) in [7, 11) is 0. The average Bonchev–Trinajstić information content (AvgIpc) is 3.03. The number of hydrogen-bond donors (Lipinski definition) is 2. The second kappa shape index (κ2) is 10.7. The highest BCUT2D eigenvalue weighted by Gasteiger charge is 2.14. The normalized spacial score (nSPS) is 11.5. The number of rotatable bonds is 6. The second-order valence-electron chi connectivity index (χ2n) is 7.46. The SMILES string of the molecule is CCn1nc(C)c(CCN=C(NC(=O)c2ccccc2Cl)Nc2ccc(Cl)cc2C)c1C. The Balaban J connectivity index is 1.83. The van der Waals surface area contributed by atoms with Crippen molar-refractivity contribution in [2.45, 2.75) is 40.7 Å². The fourth-order valence-electron chi connectivity index (χ4n) is 3.51. The number of nitrogens with zero attached hydrogens (tertiary/aromatic N) is 3. The minimum atomic E-state index is -0.334. The van der Waals surface area contributed by atoms with Gasteiger partial charge in [0.25, 0.3) is 5.91 Å². The van der Waals surface area contributed by atoms with Gasteiger partial charge in [0.1, 0.15) is 0 Å². The molecule has 3 aromatic rings. The average molecular weight is 472 g/mol. The van der Waals surface area contributed by atoms with E-state index in [0.29, 0.717) is 34.5 Å². The van der Waals surface area contributed by atoms with Gasteiger partial charge in [0.05, 0.1) is 16.3 Å². The molecule has 0 radical (unpaired) electrons. The van der Waals surface area contributed by atoms with E-state index >= 15 is 0 Å². The maximum absolute atomic E-state index is 12.8. The Morgan fingerprint density at radius 3 is 2.53 bits per heavy atom. The summed E-state index contributed by atoms with van der Waals surface area (Å²) < 4.78 is 1.99. The predicted molar refractivity (Wildman–Crippen MR) is 132 cm³/mol. The topological polar surface area (TPSA) is 71.3 Å². The first-order chi connectivity index (χ1) is 15.3. The second-order valence-corrected chi connectivity index (χ2v) is 8.31. The first kappa shape index (κ1) is 23.8. The molecule has 0 aliphatic rings. The van der Waals surface area contributed by atoms with Gasteiger partial charge in [-0.2, -0.15) is 5.10 Å². The molecule has 0 bridgehead atoms. The smallest absolute Gasteiger partial charge is 0.259 e. The summed E-state index contributed by atoms with van der Waals surface area (Å²) in [6.07, 6.45) is 0.713. The number of carbonyl (C=O) groups excluding carboxylic acids is 1. The molecule has 0 saturated carbocycles. The van der Waals surface area contributed by atoms with Crippen LogP contribution >= 0.6 is 23.2 Å². The molecule has 1 amide bonds. The van der Waals surface area contributed by atoms with Gasteiger partial charge in [0.15, 0.2) is 0 Å². The van der Waals surface area contributed by atoms with Crippen molar-refractivity contribution in [1.29, 1.82) is 0 Å². The number of benzene rings is 2. The number of halogens is 2. The number of nitrogens with one attached hydrogen (secondary N) is 2. The third-order valence-electron chi connectivity index (χ3n) is 5.25. The summed E-state index contributed by atoms with van der Waals surface area (Å²) in [4.78, 5) is 17.5. The van der Waals surface area contributed by atoms with Crippen molar-refractivity contribution >= 4 is 40.8 Å². The molecule has 0 fully saturated rings. The highest BCUT2D eigenvalue weighted by atomic mass is 35.5. The summed E-state index contributed by atoms with van der Waals surface area (Å²) in [5.74, 6) is 0.0122. The third-order valence-corrected chi connectivity index (χ3v) is 5.82. The Morgan fingerprint density at radius 2 is 1.88 bits per heavy atom. The van der Waals surface area contributed by atoms with Crippen molar-refractivity contribution in [3.63, 3.8) is 0 Å². The number of hydrogen-bond acceptors (Lipinski definition) is 3. The molecule has 0 atom stereocenters. The summed E-state index contributed by atoms with van der Waals surface area (Å²) >= 11 is 12.3. The molecule has 32 heavy (non-hydrogen) atoms. The summed E-state index contributed by atoms with van der Waals surface area (Å²) in [5, 5.41) is 11.7. The number of guanidine groups is 1. The quantitative estimate of drug-likeness (QED) is 0.364. The molecule has 3 rings (SSSR count). The number of anilines is 1. The molecule has 168 valence electrons. The number of amides is 1. The van der Waals surface area contributed by atoms with E-state index in [2.05, 4.69) is 34.6 Å². The molecule has 2 aromatic carbocycles. The molecule has 8 heteroatoms. The van der Waals surface area contributed by atoms with Crippen molar-refractivity contribution in [3.8, 4) is 0 Å². The van der Waals surface area contributed by atoms with Crippen LogP contribution in [0.5, 0.6) is 0 Å². The van der Waals surface area contributed by atoms with Crippen LogP contribution in [0, 0.1) is 20.8 Å². The maximum atomic E-state index is 12.8. The Morgan fingerprint density at radius 1 is 1.12 bits per heavy atom. The molecule has 6 nitrogen and oxygen atoms in total. The number of aliphatic imine (C=N–C) groups is 1. The van der Waals surface area contributed by atoms with Gasteiger partial charge in [0, 0.05) is 29.5 Å². The van der Waals surface area contributed by atoms with Crippen molar-refractivity contribution in [3.05, 3.63) is 80.6 Å². The fraction of sp³-hybridized carbons (Fsp3) is 0.292. The van der Waals surface area contributed by atoms with Crippen LogP contribution in [0.3, 0.4) is 0 Å². The van der Waals surface area contributed by atoms with Crippen LogP contribution < -0.4 is 10.6 Å². The molecule has 0 saturated heterocycles. The lowest BCUT2D eigenvalue weighted by Crippen LogP contribution is -2.36. The molecule has 0 unspecified atom stereocenters. The molecular formula is C24H27Cl2N5O. The van der Waals surface area contributed by atoms with E-state index in [0.717, 1.165) is 29.2 Å². The van der Waals surface area contributed by atoms with E-state index in [1.807, 2.05) is 30.7 Å². The van der Waals surface area contributed by atoms with Crippen LogP contribution in [-0.2, 0) is 13.0 Å². The molecular weight excluding hydrogens is 445 g/mol. The van der Waals surface area contributed by atoms with Crippen LogP contribution in [0.15, 0.2) is 47.5 Å². The van der Waals surface area contributed by atoms with Crippen LogP contribution in [-0.4, -0.2) is 28.2 Å². The number of aryl methyl sites for hydroxylation is 3. The monoisotopic (exact) mass is 471 g/mol. The zero-order valence-electron chi connectivity index (χ0n) is 18.7. The zero-order valence-corrected chi connectivity index (χ0v) is 20.2. The van der Waals surface area contributed by atoms with Crippen molar-refractivity contribution in [2.75, 3.05) is 11.9 Å². The van der Waals surface area contributed by atoms with Gasteiger partial charge in [-0.3, -0.25) is 19.8 Å². The van der Waals surface area contributed by atoms with Crippen LogP contribution in [0.25, 0.3) is 0 Å². The van der Waals surface area contributed by atoms with E-state index in [-0.39, 0.29) is 5.91 Å². The fourth-order valence-corrected chi connectivity index (χ4v) is 3.96. The summed E-state index contributed by atoms with van der Waals surface area (Å²) in [6, 6.07) is 12.4. The van der Waals surface area contributed by atoms with Crippen molar-refractivity contribution in [2.24, 2.45) is 4.99 Å². The van der Waals surface area contributed by atoms with E-state index in [9.17, 15) is 4.79 Å². The zero-order chi connectivity index (χ0) is 23.3. The Bertz CT molecular complexity index is 1150. The highest BCUT2D eigenvalue weighted by molar-refractivity contribution is 6.34. The Labute approximate surface area is 198 Å². The highest BCUT2D eigenvalue weighted by Crippen LogP contribution is 2.20. The van der Waals surface area contributed by atoms with Crippen LogP contribution in [0.2, 0.25) is 10.0 Å². The van der Waals surface area contributed by atoms with Gasteiger partial charge in [0.2, 0.25) is 5.96 Å². The van der Waals surface area contributed by atoms with Gasteiger partial charge in [-0.25, -0.2) is 0 Å². The molecule has 0 aliphatic carbocycles. The number of aromatic nitrogens is 2. The standard InChI is InChI=1S/C24H27Cl2N5O/c1-5-31-17(4)19(16(3)30-31)12-13-27-24(28-22-11-10-18(25)14-15(22)2)29-23(32)20-8-6-7-9-21(20)26/h6-11,14H,5,12-13H2,1-4H3,(H2,27,28,29,32). The minimum Gasteiger partial charge on any atom is -0.326 e. The Hall–Kier alpha value is -2.83. The molecule has 1 aromatic heterocycles. The van der Waals surface area contributed by atoms with E-state index in [4.69, 9.17) is 23.2 Å². The van der Waals surface area contributed by atoms with Gasteiger partial charge in [-0.1, -0.05) is 35.3 Å². The van der Waals surface area contributed by atoms with Crippen molar-refractivity contribution in [1.82, 2.24) is 15.1 Å². The van der Waals surface area contributed by atoms with Gasteiger partial charge in [-0.05, 0) is 75.6 Å². The van der Waals surface area contributed by atoms with E-state index in [1.165, 1.54) is 5.56 Å². The van der Waals surface area contributed by atoms with E-state index < -0.39 is 0 Å².